The Kier molecular flexibility index (Phi) is 6.93. The van der Waals surface area contributed by atoms with Gasteiger partial charge in [-0.25, -0.2) is 0 Å². The molecule has 0 aromatic carbocycles. The molecule has 0 amide bonds. The summed E-state index contributed by atoms with van der Waals surface area (Å²) in [7, 11) is 0. The van der Waals surface area contributed by atoms with E-state index in [0.29, 0.717) is 6.42 Å². The van der Waals surface area contributed by atoms with Crippen molar-refractivity contribution in [2.75, 3.05) is 0 Å². The van der Waals surface area contributed by atoms with Crippen molar-refractivity contribution in [3.05, 3.63) is 23.3 Å². The molecule has 0 saturated heterocycles. The van der Waals surface area contributed by atoms with Crippen molar-refractivity contribution in [1.82, 2.24) is 0 Å². The topological polar surface area (TPSA) is 84.2 Å². The predicted octanol–water partition coefficient (Wildman–Crippen LogP) is 7.94. The zero-order valence-corrected chi connectivity index (χ0v) is 26.9. The van der Waals surface area contributed by atoms with Gasteiger partial charge < -0.3 is 4.74 Å². The molecule has 7 atom stereocenters. The van der Waals surface area contributed by atoms with E-state index in [4.69, 9.17) is 4.74 Å². The van der Waals surface area contributed by atoms with Crippen molar-refractivity contribution in [2.24, 2.45) is 50.2 Å². The number of carbonyl (C=O) groups excluding carboxylic acids is 3. The summed E-state index contributed by atoms with van der Waals surface area (Å²) in [6.07, 6.45) is 12.0. The van der Waals surface area contributed by atoms with Gasteiger partial charge in [0.05, 0.1) is 11.7 Å². The molecule has 0 N–H and O–H groups in total. The zero-order chi connectivity index (χ0) is 30.4. The molecule has 0 radical (unpaired) electrons. The summed E-state index contributed by atoms with van der Waals surface area (Å²) in [4.78, 5) is 40.6. The number of ketones is 2. The van der Waals surface area contributed by atoms with Gasteiger partial charge in [-0.1, -0.05) is 60.1 Å². The van der Waals surface area contributed by atoms with E-state index >= 15 is 0 Å². The Balaban J connectivity index is 1.60. The van der Waals surface area contributed by atoms with Crippen LogP contribution in [0, 0.1) is 61.6 Å². The normalized spacial score (nSPS) is 42.5. The second kappa shape index (κ2) is 9.39. The van der Waals surface area contributed by atoms with E-state index in [1.807, 2.05) is 39.8 Å². The van der Waals surface area contributed by atoms with Gasteiger partial charge in [0.15, 0.2) is 11.6 Å². The maximum absolute atomic E-state index is 14.6. The van der Waals surface area contributed by atoms with Crippen molar-refractivity contribution in [1.29, 1.82) is 5.26 Å². The molecule has 41 heavy (non-hydrogen) atoms. The Labute approximate surface area is 247 Å². The van der Waals surface area contributed by atoms with Gasteiger partial charge in [0.2, 0.25) is 0 Å². The minimum absolute atomic E-state index is 0.0265. The first-order valence-corrected chi connectivity index (χ1v) is 16.0. The summed E-state index contributed by atoms with van der Waals surface area (Å²) < 4.78 is 5.53. The number of Topliss-reactive ketones (excluding diaryl/α,β-unsaturated/α-hetero) is 1. The molecule has 0 spiro atoms. The highest BCUT2D eigenvalue weighted by Crippen LogP contribution is 2.75. The molecule has 5 heteroatoms. The molecule has 5 nitrogen and oxygen atoms in total. The van der Waals surface area contributed by atoms with E-state index in [-0.39, 0.29) is 68.6 Å². The lowest BCUT2D eigenvalue weighted by molar-refractivity contribution is -0.174. The van der Waals surface area contributed by atoms with E-state index in [0.717, 1.165) is 56.9 Å². The van der Waals surface area contributed by atoms with Crippen LogP contribution in [-0.4, -0.2) is 23.6 Å². The first-order valence-electron chi connectivity index (χ1n) is 16.0. The number of nitriles is 1. The number of allylic oxidation sites excluding steroid dienone is 4. The SMILES string of the molecule is CC(C)OC(=O)CC[C@]12CCC(C)(C)CC1C1C(=O)C=C3[C@@]4(C)C=C(C#N)C(=O)C(C)(C)[C@@H]4CC[C@@]3(C)[C@]1(C)CC2. The average molecular weight is 562 g/mol. The molecule has 5 aliphatic carbocycles. The van der Waals surface area contributed by atoms with E-state index in [2.05, 4.69) is 40.7 Å². The molecule has 0 heterocycles. The van der Waals surface area contributed by atoms with E-state index in [9.17, 15) is 19.6 Å². The Morgan fingerprint density at radius 1 is 1.02 bits per heavy atom. The minimum Gasteiger partial charge on any atom is -0.463 e. The fourth-order valence-electron chi connectivity index (χ4n) is 10.8. The van der Waals surface area contributed by atoms with Crippen LogP contribution in [0.5, 0.6) is 0 Å². The van der Waals surface area contributed by atoms with Gasteiger partial charge in [0, 0.05) is 23.2 Å². The van der Waals surface area contributed by atoms with Crippen LogP contribution >= 0.6 is 0 Å². The second-order valence-corrected chi connectivity index (χ2v) is 16.7. The van der Waals surface area contributed by atoms with Crippen LogP contribution in [0.3, 0.4) is 0 Å². The quantitative estimate of drug-likeness (QED) is 0.325. The summed E-state index contributed by atoms with van der Waals surface area (Å²) in [5, 5.41) is 9.93. The van der Waals surface area contributed by atoms with E-state index in [1.54, 1.807) is 0 Å². The lowest BCUT2D eigenvalue weighted by Crippen LogP contribution is -2.64. The summed E-state index contributed by atoms with van der Waals surface area (Å²) >= 11 is 0. The number of hydrogen-bond donors (Lipinski definition) is 0. The van der Waals surface area contributed by atoms with Crippen molar-refractivity contribution >= 4 is 17.5 Å². The lowest BCUT2D eigenvalue weighted by atomic mass is 9.34. The van der Waals surface area contributed by atoms with Crippen LogP contribution in [0.25, 0.3) is 0 Å². The van der Waals surface area contributed by atoms with Crippen molar-refractivity contribution < 1.29 is 19.1 Å². The minimum atomic E-state index is -0.656. The smallest absolute Gasteiger partial charge is 0.306 e. The highest BCUT2D eigenvalue weighted by molar-refractivity contribution is 6.04. The van der Waals surface area contributed by atoms with Crippen molar-refractivity contribution in [2.45, 2.75) is 126 Å². The molecule has 0 aromatic rings. The Morgan fingerprint density at radius 3 is 2.32 bits per heavy atom. The number of nitrogens with zero attached hydrogens (tertiary/aromatic N) is 1. The van der Waals surface area contributed by atoms with Crippen molar-refractivity contribution in [3.8, 4) is 6.07 Å². The standard InChI is InChI=1S/C36H51NO4/c1-22(2)41-28(39)11-13-36-16-14-31(3,4)20-24(36)29-25(38)18-27-33(7)19-23(21-37)30(40)32(5,6)26(33)10-12-34(27,8)35(29,9)15-17-36/h18-19,22,24,26,29H,10-17,20H2,1-9H3/t24?,26-,29?,33-,34+,35+,36+/m0/s1. The number of carbonyl (C=O) groups is 3. The van der Waals surface area contributed by atoms with E-state index < -0.39 is 10.8 Å². The largest absolute Gasteiger partial charge is 0.463 e. The van der Waals surface area contributed by atoms with Gasteiger partial charge in [0.1, 0.15) is 6.07 Å². The fourth-order valence-corrected chi connectivity index (χ4v) is 10.8. The molecule has 3 saturated carbocycles. The molecular weight excluding hydrogens is 510 g/mol. The number of hydrogen-bond acceptors (Lipinski definition) is 5. The highest BCUT2D eigenvalue weighted by atomic mass is 16.5. The van der Waals surface area contributed by atoms with Crippen LogP contribution < -0.4 is 0 Å². The Morgan fingerprint density at radius 2 is 1.68 bits per heavy atom. The summed E-state index contributed by atoms with van der Waals surface area (Å²) in [5.41, 5.74) is -0.107. The van der Waals surface area contributed by atoms with Crippen LogP contribution in [0.2, 0.25) is 0 Å². The van der Waals surface area contributed by atoms with E-state index in [1.165, 1.54) is 0 Å². The second-order valence-electron chi connectivity index (χ2n) is 16.7. The first kappa shape index (κ1) is 30.2. The van der Waals surface area contributed by atoms with Crippen LogP contribution in [0.4, 0.5) is 0 Å². The van der Waals surface area contributed by atoms with Crippen molar-refractivity contribution in [3.63, 3.8) is 0 Å². The molecule has 0 aromatic heterocycles. The molecule has 5 rings (SSSR count). The Bertz CT molecular complexity index is 1280. The van der Waals surface area contributed by atoms with Gasteiger partial charge in [0.25, 0.3) is 0 Å². The molecule has 2 unspecified atom stereocenters. The molecule has 0 bridgehead atoms. The van der Waals surface area contributed by atoms with Crippen LogP contribution in [-0.2, 0) is 19.1 Å². The maximum atomic E-state index is 14.6. The molecular formula is C36H51NO4. The molecule has 3 fully saturated rings. The third-order valence-electron chi connectivity index (χ3n) is 13.2. The third kappa shape index (κ3) is 4.24. The van der Waals surface area contributed by atoms with Gasteiger partial charge in [-0.05, 0) is 105 Å². The van der Waals surface area contributed by atoms with Gasteiger partial charge >= 0.3 is 5.97 Å². The number of ether oxygens (including phenoxy) is 1. The Hall–Kier alpha value is -2.22. The number of rotatable bonds is 4. The average Bonchev–Trinajstić information content (AvgIpc) is 2.86. The number of fused-ring (bicyclic) bond motifs is 7. The molecule has 5 aliphatic rings. The lowest BCUT2D eigenvalue weighted by Gasteiger charge is -2.69. The highest BCUT2D eigenvalue weighted by Gasteiger charge is 2.69. The fraction of sp³-hybridized carbons (Fsp3) is 0.778. The van der Waals surface area contributed by atoms with Gasteiger partial charge in [-0.15, -0.1) is 0 Å². The van der Waals surface area contributed by atoms with Crippen LogP contribution in [0.1, 0.15) is 120 Å². The predicted molar refractivity (Wildman–Crippen MR) is 159 cm³/mol. The molecule has 224 valence electrons. The van der Waals surface area contributed by atoms with Gasteiger partial charge in [-0.2, -0.15) is 5.26 Å². The number of esters is 1. The summed E-state index contributed by atoms with van der Waals surface area (Å²) in [5.74, 6) is 0.203. The van der Waals surface area contributed by atoms with Gasteiger partial charge in [-0.3, -0.25) is 14.4 Å². The monoisotopic (exact) mass is 561 g/mol. The first-order chi connectivity index (χ1) is 18.9. The zero-order valence-electron chi connectivity index (χ0n) is 26.9. The third-order valence-corrected chi connectivity index (χ3v) is 13.2. The molecule has 0 aliphatic heterocycles. The maximum Gasteiger partial charge on any atom is 0.306 e. The summed E-state index contributed by atoms with van der Waals surface area (Å²) in [6, 6.07) is 2.20. The van der Waals surface area contributed by atoms with Crippen LogP contribution in [0.15, 0.2) is 23.3 Å². The summed E-state index contributed by atoms with van der Waals surface area (Å²) in [6.45, 7) is 19.4.